The molecule has 0 aliphatic rings. The van der Waals surface area contributed by atoms with Crippen LogP contribution in [0.2, 0.25) is 0 Å². The largest absolute Gasteiger partial charge is 0.507 e. The van der Waals surface area contributed by atoms with Gasteiger partial charge in [-0.15, -0.1) is 0 Å². The van der Waals surface area contributed by atoms with E-state index < -0.39 is 5.91 Å². The Bertz CT molecular complexity index is 1150. The molecule has 0 aliphatic heterocycles. The fourth-order valence-corrected chi connectivity index (χ4v) is 2.72. The molecule has 1 amide bonds. The van der Waals surface area contributed by atoms with E-state index in [1.165, 1.54) is 0 Å². The van der Waals surface area contributed by atoms with Crippen molar-refractivity contribution in [3.05, 3.63) is 70.6 Å². The molecular formula is C18H15N3NaO3. The number of carbonyl (C=O) groups excluding carboxylic acids is 1. The number of hydrogen-bond acceptors (Lipinski definition) is 3. The maximum absolute atomic E-state index is 12.5. The normalized spacial score (nSPS) is 10.6. The summed E-state index contributed by atoms with van der Waals surface area (Å²) in [5.74, 6) is -0.502. The van der Waals surface area contributed by atoms with E-state index in [0.29, 0.717) is 16.7 Å². The molecule has 0 spiro atoms. The second-order valence-electron chi connectivity index (χ2n) is 5.51. The Morgan fingerprint density at radius 1 is 0.960 bits per heavy atom. The molecule has 0 unspecified atom stereocenters. The Morgan fingerprint density at radius 2 is 1.64 bits per heavy atom. The number of aromatic hydroxyl groups is 1. The number of amides is 1. The summed E-state index contributed by atoms with van der Waals surface area (Å²) in [5, 5.41) is 14.6. The number of fused-ring (bicyclic) bond motifs is 2. The second kappa shape index (κ2) is 6.76. The van der Waals surface area contributed by atoms with E-state index in [9.17, 15) is 14.7 Å². The Labute approximate surface area is 165 Å². The maximum atomic E-state index is 12.5. The molecular weight excluding hydrogens is 329 g/mol. The van der Waals surface area contributed by atoms with Crippen molar-refractivity contribution in [2.75, 3.05) is 5.32 Å². The summed E-state index contributed by atoms with van der Waals surface area (Å²) < 4.78 is 0. The molecule has 121 valence electrons. The first-order valence-corrected chi connectivity index (χ1v) is 7.35. The molecule has 1 aromatic heterocycles. The molecule has 4 aromatic rings. The van der Waals surface area contributed by atoms with Crippen LogP contribution in [0.15, 0.2) is 59.4 Å². The van der Waals surface area contributed by atoms with Crippen LogP contribution in [-0.2, 0) is 0 Å². The van der Waals surface area contributed by atoms with Gasteiger partial charge in [0.05, 0.1) is 16.6 Å². The number of rotatable bonds is 2. The number of nitrogens with one attached hydrogen (secondary N) is 3. The van der Waals surface area contributed by atoms with Crippen LogP contribution in [0.1, 0.15) is 11.8 Å². The zero-order chi connectivity index (χ0) is 16.7. The van der Waals surface area contributed by atoms with Crippen LogP contribution in [0.25, 0.3) is 21.8 Å². The van der Waals surface area contributed by atoms with Crippen molar-refractivity contribution in [3.63, 3.8) is 0 Å². The van der Waals surface area contributed by atoms with Crippen molar-refractivity contribution < 1.29 is 11.3 Å². The van der Waals surface area contributed by atoms with Gasteiger partial charge in [0.15, 0.2) is 0 Å². The summed E-state index contributed by atoms with van der Waals surface area (Å²) in [5.41, 5.74) is 1.67. The van der Waals surface area contributed by atoms with Gasteiger partial charge in [-0.25, -0.2) is 4.79 Å². The van der Waals surface area contributed by atoms with E-state index in [0.717, 1.165) is 10.8 Å². The summed E-state index contributed by atoms with van der Waals surface area (Å²) >= 11 is 0. The predicted octanol–water partition coefficient (Wildman–Crippen LogP) is 2.83. The monoisotopic (exact) mass is 344 g/mol. The van der Waals surface area contributed by atoms with Crippen molar-refractivity contribution in [3.8, 4) is 5.75 Å². The first-order chi connectivity index (χ1) is 11.6. The summed E-state index contributed by atoms with van der Waals surface area (Å²) in [6.07, 6.45) is 0. The molecule has 0 saturated heterocycles. The van der Waals surface area contributed by atoms with Gasteiger partial charge in [-0.3, -0.25) is 4.79 Å². The Kier molecular flexibility index (Phi) is 4.67. The minimum atomic E-state index is -0.421. The Morgan fingerprint density at radius 3 is 2.40 bits per heavy atom. The molecule has 4 N–H and O–H groups in total. The number of benzene rings is 3. The van der Waals surface area contributed by atoms with E-state index in [1.54, 1.807) is 30.3 Å². The number of aromatic nitrogens is 2. The quantitative estimate of drug-likeness (QED) is 0.421. The standard InChI is InChI=1S/C18H13N3O3.Na.H2/c22-16-8-11-4-2-1-3-10(11)7-13(16)17(23)19-12-5-6-14-15(9-12)21-18(24)20-14;;/h1-9,22H,(H,19,23)(H2,20,21,24);;1H. The fraction of sp³-hybridized carbons (Fsp3) is 0. The van der Waals surface area contributed by atoms with Crippen molar-refractivity contribution in [1.82, 2.24) is 9.97 Å². The number of aromatic amines is 2. The van der Waals surface area contributed by atoms with Crippen molar-refractivity contribution in [1.29, 1.82) is 0 Å². The van der Waals surface area contributed by atoms with Crippen molar-refractivity contribution >= 4 is 63.0 Å². The van der Waals surface area contributed by atoms with Crippen LogP contribution in [0.4, 0.5) is 5.69 Å². The SMILES string of the molecule is O=C(Nc1ccc2[nH]c(=O)[nH]c2c1)c1cc2ccccc2cc1O.[HH].[Na]. The molecule has 0 saturated carbocycles. The van der Waals surface area contributed by atoms with Gasteiger partial charge in [0, 0.05) is 36.7 Å². The average molecular weight is 344 g/mol. The summed E-state index contributed by atoms with van der Waals surface area (Å²) in [7, 11) is 0. The molecule has 0 atom stereocenters. The third kappa shape index (κ3) is 3.32. The molecule has 1 radical (unpaired) electrons. The van der Waals surface area contributed by atoms with Crippen molar-refractivity contribution in [2.45, 2.75) is 0 Å². The number of phenolic OH excluding ortho intramolecular Hbond substituents is 1. The third-order valence-corrected chi connectivity index (χ3v) is 3.88. The number of carbonyl (C=O) groups is 1. The summed E-state index contributed by atoms with van der Waals surface area (Å²) in [6.45, 7) is 0. The van der Waals surface area contributed by atoms with Gasteiger partial charge in [0.25, 0.3) is 5.91 Å². The first-order valence-electron chi connectivity index (χ1n) is 7.35. The van der Waals surface area contributed by atoms with Crippen molar-refractivity contribution in [2.24, 2.45) is 0 Å². The molecule has 1 heterocycles. The number of phenols is 1. The first kappa shape index (κ1) is 17.3. The van der Waals surface area contributed by atoms with Crippen LogP contribution in [0, 0.1) is 0 Å². The molecule has 0 bridgehead atoms. The van der Waals surface area contributed by atoms with E-state index >= 15 is 0 Å². The van der Waals surface area contributed by atoms with E-state index in [4.69, 9.17) is 0 Å². The molecule has 25 heavy (non-hydrogen) atoms. The molecule has 0 aliphatic carbocycles. The predicted molar refractivity (Wildman–Crippen MR) is 100 cm³/mol. The van der Waals surface area contributed by atoms with E-state index in [1.807, 2.05) is 24.3 Å². The van der Waals surface area contributed by atoms with Gasteiger partial charge in [-0.05, 0) is 41.1 Å². The number of imidazole rings is 1. The van der Waals surface area contributed by atoms with Crippen LogP contribution in [-0.4, -0.2) is 50.5 Å². The van der Waals surface area contributed by atoms with Gasteiger partial charge in [0.1, 0.15) is 5.75 Å². The molecule has 7 heteroatoms. The molecule has 3 aromatic carbocycles. The van der Waals surface area contributed by atoms with Crippen LogP contribution < -0.4 is 11.0 Å². The van der Waals surface area contributed by atoms with Crippen LogP contribution in [0.3, 0.4) is 0 Å². The Hall–Kier alpha value is -2.54. The molecule has 0 fully saturated rings. The fourth-order valence-electron chi connectivity index (χ4n) is 2.72. The maximum Gasteiger partial charge on any atom is 0.323 e. The van der Waals surface area contributed by atoms with E-state index in [-0.39, 0.29) is 48.0 Å². The number of anilines is 1. The average Bonchev–Trinajstić information content (AvgIpc) is 2.93. The topological polar surface area (TPSA) is 98.0 Å². The molecule has 6 nitrogen and oxygen atoms in total. The van der Waals surface area contributed by atoms with Crippen LogP contribution in [0.5, 0.6) is 5.75 Å². The number of hydrogen-bond donors (Lipinski definition) is 4. The third-order valence-electron chi connectivity index (χ3n) is 3.88. The summed E-state index contributed by atoms with van der Waals surface area (Å²) in [4.78, 5) is 29.0. The number of H-pyrrole nitrogens is 2. The smallest absolute Gasteiger partial charge is 0.323 e. The van der Waals surface area contributed by atoms with Gasteiger partial charge in [-0.2, -0.15) is 0 Å². The minimum Gasteiger partial charge on any atom is -0.507 e. The zero-order valence-corrected chi connectivity index (χ0v) is 15.5. The minimum absolute atomic E-state index is 0. The van der Waals surface area contributed by atoms with E-state index in [2.05, 4.69) is 15.3 Å². The second-order valence-corrected chi connectivity index (χ2v) is 5.51. The van der Waals surface area contributed by atoms with Crippen LogP contribution >= 0.6 is 0 Å². The van der Waals surface area contributed by atoms with Gasteiger partial charge in [-0.1, -0.05) is 24.3 Å². The Balaban J connectivity index is 0.00000121. The van der Waals surface area contributed by atoms with Gasteiger partial charge in [0.2, 0.25) is 0 Å². The zero-order valence-electron chi connectivity index (χ0n) is 13.5. The molecule has 4 rings (SSSR count). The van der Waals surface area contributed by atoms with Gasteiger partial charge < -0.3 is 20.4 Å². The van der Waals surface area contributed by atoms with Gasteiger partial charge >= 0.3 is 5.69 Å². The summed E-state index contributed by atoms with van der Waals surface area (Å²) in [6, 6.07) is 15.7.